The summed E-state index contributed by atoms with van der Waals surface area (Å²) in [6.45, 7) is 5.88. The number of esters is 1. The molecule has 0 fully saturated rings. The van der Waals surface area contributed by atoms with E-state index in [1.54, 1.807) is 14.0 Å². The van der Waals surface area contributed by atoms with Gasteiger partial charge in [0.2, 0.25) is 0 Å². The largest absolute Gasteiger partial charge is 0.496 e. The molecular weight excluding hydrogens is 256 g/mol. The number of hydrogen-bond donors (Lipinski definition) is 0. The van der Waals surface area contributed by atoms with Gasteiger partial charge in [-0.15, -0.1) is 0 Å². The Balaban J connectivity index is 2.61. The molecule has 106 valence electrons. The first kappa shape index (κ1) is 14.3. The Morgan fingerprint density at radius 1 is 1.35 bits per heavy atom. The Kier molecular flexibility index (Phi) is 3.93. The van der Waals surface area contributed by atoms with Gasteiger partial charge < -0.3 is 9.47 Å². The molecule has 1 aliphatic heterocycles. The number of methoxy groups -OCH3 is 1. The minimum absolute atomic E-state index is 0.277. The van der Waals surface area contributed by atoms with Crippen molar-refractivity contribution in [1.82, 2.24) is 0 Å². The van der Waals surface area contributed by atoms with Crippen molar-refractivity contribution in [2.24, 2.45) is 0 Å². The van der Waals surface area contributed by atoms with Crippen molar-refractivity contribution in [3.05, 3.63) is 39.5 Å². The van der Waals surface area contributed by atoms with Gasteiger partial charge in [0.15, 0.2) is 0 Å². The number of cyclic esters (lactones) is 1. The van der Waals surface area contributed by atoms with Gasteiger partial charge in [-0.1, -0.05) is 6.08 Å². The number of rotatable bonds is 4. The molecule has 4 heteroatoms. The van der Waals surface area contributed by atoms with Gasteiger partial charge >= 0.3 is 5.97 Å². The predicted molar refractivity (Wildman–Crippen MR) is 75.1 cm³/mol. The van der Waals surface area contributed by atoms with Crippen LogP contribution in [0, 0.1) is 13.8 Å². The highest BCUT2D eigenvalue weighted by Crippen LogP contribution is 2.37. The highest BCUT2D eigenvalue weighted by molar-refractivity contribution is 5.96. The van der Waals surface area contributed by atoms with Crippen molar-refractivity contribution < 1.29 is 19.1 Å². The minimum atomic E-state index is -0.277. The lowest BCUT2D eigenvalue weighted by atomic mass is 9.91. The van der Waals surface area contributed by atoms with E-state index in [4.69, 9.17) is 9.47 Å². The van der Waals surface area contributed by atoms with E-state index in [1.807, 2.05) is 19.9 Å². The van der Waals surface area contributed by atoms with Gasteiger partial charge in [-0.3, -0.25) is 4.79 Å². The summed E-state index contributed by atoms with van der Waals surface area (Å²) in [5.41, 5.74) is 4.96. The zero-order chi connectivity index (χ0) is 14.9. The Bertz CT molecular complexity index is 612. The Labute approximate surface area is 118 Å². The molecule has 0 unspecified atom stereocenters. The molecule has 1 aromatic rings. The molecule has 0 saturated heterocycles. The smallest absolute Gasteiger partial charge is 0.339 e. The van der Waals surface area contributed by atoms with Gasteiger partial charge in [-0.05, 0) is 43.9 Å². The second kappa shape index (κ2) is 5.49. The van der Waals surface area contributed by atoms with E-state index in [0.717, 1.165) is 34.3 Å². The lowest BCUT2D eigenvalue weighted by Gasteiger charge is -2.16. The van der Waals surface area contributed by atoms with Crippen LogP contribution in [0.15, 0.2) is 11.6 Å². The summed E-state index contributed by atoms with van der Waals surface area (Å²) in [5, 5.41) is 0. The average molecular weight is 274 g/mol. The maximum absolute atomic E-state index is 11.9. The van der Waals surface area contributed by atoms with Crippen LogP contribution in [0.5, 0.6) is 5.75 Å². The average Bonchev–Trinajstić information content (AvgIpc) is 2.83. The van der Waals surface area contributed by atoms with Crippen LogP contribution in [0.4, 0.5) is 0 Å². The number of carbonyl (C=O) groups is 2. The van der Waals surface area contributed by atoms with E-state index in [9.17, 15) is 9.59 Å². The van der Waals surface area contributed by atoms with Crippen molar-refractivity contribution in [2.45, 2.75) is 33.8 Å². The van der Waals surface area contributed by atoms with Crippen molar-refractivity contribution >= 4 is 12.3 Å². The molecule has 2 rings (SSSR count). The molecule has 20 heavy (non-hydrogen) atoms. The van der Waals surface area contributed by atoms with Gasteiger partial charge in [0.25, 0.3) is 0 Å². The van der Waals surface area contributed by atoms with Crippen molar-refractivity contribution in [2.75, 3.05) is 7.11 Å². The van der Waals surface area contributed by atoms with Gasteiger partial charge in [-0.2, -0.15) is 0 Å². The van der Waals surface area contributed by atoms with Crippen molar-refractivity contribution in [3.8, 4) is 5.75 Å². The molecule has 0 aliphatic carbocycles. The molecule has 0 atom stereocenters. The minimum Gasteiger partial charge on any atom is -0.496 e. The maximum Gasteiger partial charge on any atom is 0.339 e. The van der Waals surface area contributed by atoms with Crippen LogP contribution in [0.1, 0.15) is 39.5 Å². The second-order valence-electron chi connectivity index (χ2n) is 4.96. The normalized spacial score (nSPS) is 14.0. The number of benzene rings is 1. The van der Waals surface area contributed by atoms with Crippen LogP contribution in [-0.2, 0) is 22.6 Å². The predicted octanol–water partition coefficient (Wildman–Crippen LogP) is 2.67. The fraction of sp³-hybridized carbons (Fsp3) is 0.375. The van der Waals surface area contributed by atoms with Crippen LogP contribution < -0.4 is 4.74 Å². The molecule has 1 aromatic carbocycles. The first-order valence-electron chi connectivity index (χ1n) is 6.49. The van der Waals surface area contributed by atoms with Crippen LogP contribution in [0.25, 0.3) is 0 Å². The molecule has 1 heterocycles. The third-order valence-corrected chi connectivity index (χ3v) is 3.77. The summed E-state index contributed by atoms with van der Waals surface area (Å²) in [6.07, 6.45) is 3.21. The Morgan fingerprint density at radius 3 is 2.65 bits per heavy atom. The van der Waals surface area contributed by atoms with Crippen LogP contribution in [-0.4, -0.2) is 19.4 Å². The number of ether oxygens (including phenoxy) is 2. The standard InChI is InChI=1S/C16H18O4/c1-9(7-17)5-6-12-10(2)14-13(8-20-16(14)18)11(3)15(12)19-4/h5,7H,6,8H2,1-4H3/b9-5+. The maximum atomic E-state index is 11.9. The summed E-state index contributed by atoms with van der Waals surface area (Å²) in [4.78, 5) is 22.5. The van der Waals surface area contributed by atoms with Crippen LogP contribution in [0.2, 0.25) is 0 Å². The molecule has 0 saturated carbocycles. The zero-order valence-electron chi connectivity index (χ0n) is 12.2. The van der Waals surface area contributed by atoms with E-state index in [2.05, 4.69) is 0 Å². The number of fused-ring (bicyclic) bond motifs is 1. The molecule has 0 amide bonds. The lowest BCUT2D eigenvalue weighted by molar-refractivity contribution is -0.104. The molecule has 0 aromatic heterocycles. The zero-order valence-corrected chi connectivity index (χ0v) is 12.2. The van der Waals surface area contributed by atoms with E-state index in [1.165, 1.54) is 0 Å². The van der Waals surface area contributed by atoms with Gasteiger partial charge in [0.05, 0.1) is 12.7 Å². The first-order valence-corrected chi connectivity index (χ1v) is 6.49. The lowest BCUT2D eigenvalue weighted by Crippen LogP contribution is -2.06. The van der Waals surface area contributed by atoms with E-state index < -0.39 is 0 Å². The second-order valence-corrected chi connectivity index (χ2v) is 4.96. The molecular formula is C16H18O4. The first-order chi connectivity index (χ1) is 9.51. The summed E-state index contributed by atoms with van der Waals surface area (Å²) >= 11 is 0. The fourth-order valence-corrected chi connectivity index (χ4v) is 2.60. The molecule has 4 nitrogen and oxygen atoms in total. The summed E-state index contributed by atoms with van der Waals surface area (Å²) in [6, 6.07) is 0. The number of carbonyl (C=O) groups excluding carboxylic acids is 2. The summed E-state index contributed by atoms with van der Waals surface area (Å²) < 4.78 is 10.6. The Hall–Kier alpha value is -2.10. The van der Waals surface area contributed by atoms with Crippen molar-refractivity contribution in [1.29, 1.82) is 0 Å². The molecule has 0 radical (unpaired) electrons. The van der Waals surface area contributed by atoms with Gasteiger partial charge in [-0.25, -0.2) is 4.79 Å². The molecule has 0 spiro atoms. The quantitative estimate of drug-likeness (QED) is 0.481. The molecule has 1 aliphatic rings. The van der Waals surface area contributed by atoms with Gasteiger partial charge in [0.1, 0.15) is 18.6 Å². The number of allylic oxidation sites excluding steroid dienone is 2. The topological polar surface area (TPSA) is 52.6 Å². The van der Waals surface area contributed by atoms with E-state index >= 15 is 0 Å². The summed E-state index contributed by atoms with van der Waals surface area (Å²) in [5.74, 6) is 0.495. The molecule has 0 bridgehead atoms. The highest BCUT2D eigenvalue weighted by Gasteiger charge is 2.29. The summed E-state index contributed by atoms with van der Waals surface area (Å²) in [7, 11) is 1.62. The van der Waals surface area contributed by atoms with Crippen LogP contribution >= 0.6 is 0 Å². The van der Waals surface area contributed by atoms with Crippen molar-refractivity contribution in [3.63, 3.8) is 0 Å². The fourth-order valence-electron chi connectivity index (χ4n) is 2.60. The van der Waals surface area contributed by atoms with Gasteiger partial charge in [0, 0.05) is 11.1 Å². The van der Waals surface area contributed by atoms with Crippen LogP contribution in [0.3, 0.4) is 0 Å². The third-order valence-electron chi connectivity index (χ3n) is 3.77. The van der Waals surface area contributed by atoms with E-state index in [0.29, 0.717) is 24.2 Å². The molecule has 0 N–H and O–H groups in total. The third kappa shape index (κ3) is 2.22. The SMILES string of the molecule is COc1c(C)c2c(c(C)c1C/C=C(\C)C=O)C(=O)OC2. The van der Waals surface area contributed by atoms with E-state index in [-0.39, 0.29) is 5.97 Å². The Morgan fingerprint density at radius 2 is 2.05 bits per heavy atom. The monoisotopic (exact) mass is 274 g/mol. The highest BCUT2D eigenvalue weighted by atomic mass is 16.5. The number of aldehydes is 1. The number of hydrogen-bond acceptors (Lipinski definition) is 4.